The minimum absolute atomic E-state index is 0.00578. The quantitative estimate of drug-likeness (QED) is 0.374. The molecule has 2 rings (SSSR count). The van der Waals surface area contributed by atoms with Gasteiger partial charge < -0.3 is 4.89 Å². The van der Waals surface area contributed by atoms with E-state index in [4.69, 9.17) is 4.89 Å². The first-order chi connectivity index (χ1) is 11.1. The van der Waals surface area contributed by atoms with E-state index in [1.165, 1.54) is 0 Å². The first kappa shape index (κ1) is 19.1. The lowest BCUT2D eigenvalue weighted by Crippen LogP contribution is -2.41. The lowest BCUT2D eigenvalue weighted by molar-refractivity contribution is -0.144. The second kappa shape index (κ2) is 7.35. The van der Waals surface area contributed by atoms with Gasteiger partial charge in [-0.3, -0.25) is 38.1 Å². The van der Waals surface area contributed by atoms with Gasteiger partial charge >= 0.3 is 7.60 Å². The number of imide groups is 2. The molecule has 2 heterocycles. The number of amides is 4. The Labute approximate surface area is 143 Å². The van der Waals surface area contributed by atoms with Crippen molar-refractivity contribution in [3.05, 3.63) is 0 Å². The summed E-state index contributed by atoms with van der Waals surface area (Å²) < 4.78 is 15.7. The van der Waals surface area contributed by atoms with Crippen molar-refractivity contribution in [1.29, 1.82) is 0 Å². The Bertz CT molecular complexity index is 619. The molecule has 0 aromatic heterocycles. The zero-order valence-electron chi connectivity index (χ0n) is 13.3. The normalized spacial score (nSPS) is 27.3. The molecule has 11 heteroatoms. The molecule has 2 aliphatic heterocycles. The first-order valence-electron chi connectivity index (χ1n) is 7.35. The summed E-state index contributed by atoms with van der Waals surface area (Å²) in [5.74, 6) is -1.97. The van der Waals surface area contributed by atoms with Gasteiger partial charge in [-0.05, 0) is 0 Å². The van der Waals surface area contributed by atoms with Gasteiger partial charge in [-0.1, -0.05) is 6.92 Å². The summed E-state index contributed by atoms with van der Waals surface area (Å²) in [4.78, 5) is 58.8. The summed E-state index contributed by atoms with van der Waals surface area (Å²) in [5, 5.41) is -0.687. The zero-order chi connectivity index (χ0) is 18.1. The standard InChI is InChI=1S/C13H19N2O7PS/c1-8-5-10(16)14(12(8)18)3-4-15-11(17)6-9(13(15)19)24-7-22-23(2,20)21/h8-9H,3-7H2,1-2H3,(H,20,21). The van der Waals surface area contributed by atoms with Crippen LogP contribution in [0.4, 0.5) is 0 Å². The maximum absolute atomic E-state index is 12.2. The van der Waals surface area contributed by atoms with Crippen LogP contribution in [-0.4, -0.2) is 69.3 Å². The second-order valence-corrected chi connectivity index (χ2v) is 8.78. The molecule has 0 bridgehead atoms. The molecule has 0 radical (unpaired) electrons. The fourth-order valence-corrected chi connectivity index (χ4v) is 4.23. The van der Waals surface area contributed by atoms with Crippen LogP contribution >= 0.6 is 19.4 Å². The van der Waals surface area contributed by atoms with Crippen molar-refractivity contribution in [1.82, 2.24) is 9.80 Å². The molecule has 3 unspecified atom stereocenters. The van der Waals surface area contributed by atoms with E-state index in [0.717, 1.165) is 28.2 Å². The molecule has 9 nitrogen and oxygen atoms in total. The molecule has 0 aromatic rings. The van der Waals surface area contributed by atoms with Crippen molar-refractivity contribution in [2.75, 3.05) is 25.7 Å². The van der Waals surface area contributed by atoms with Gasteiger partial charge in [-0.25, -0.2) is 0 Å². The van der Waals surface area contributed by atoms with E-state index in [0.29, 0.717) is 0 Å². The lowest BCUT2D eigenvalue weighted by Gasteiger charge is -2.19. The van der Waals surface area contributed by atoms with Gasteiger partial charge in [0.1, 0.15) is 5.94 Å². The third-order valence-electron chi connectivity index (χ3n) is 3.78. The number of carbonyl (C=O) groups is 4. The molecule has 0 aliphatic carbocycles. The van der Waals surface area contributed by atoms with Crippen LogP contribution in [0.25, 0.3) is 0 Å². The van der Waals surface area contributed by atoms with Crippen LogP contribution < -0.4 is 0 Å². The van der Waals surface area contributed by atoms with Crippen LogP contribution in [0.2, 0.25) is 0 Å². The van der Waals surface area contributed by atoms with Crippen molar-refractivity contribution < 1.29 is 33.2 Å². The monoisotopic (exact) mass is 378 g/mol. The fourth-order valence-electron chi connectivity index (χ4n) is 2.51. The summed E-state index contributed by atoms with van der Waals surface area (Å²) in [5.41, 5.74) is 0. The average molecular weight is 378 g/mol. The molecular weight excluding hydrogens is 359 g/mol. The minimum atomic E-state index is -3.63. The van der Waals surface area contributed by atoms with Crippen LogP contribution in [-0.2, 0) is 28.3 Å². The summed E-state index contributed by atoms with van der Waals surface area (Å²) in [6, 6.07) is 0. The molecular formula is C13H19N2O7PS. The van der Waals surface area contributed by atoms with Gasteiger partial charge in [0.25, 0.3) is 0 Å². The Morgan fingerprint density at radius 3 is 2.17 bits per heavy atom. The Kier molecular flexibility index (Phi) is 5.85. The number of likely N-dealkylation sites (tertiary alicyclic amines) is 2. The molecule has 1 N–H and O–H groups in total. The molecule has 2 fully saturated rings. The molecule has 0 spiro atoms. The lowest BCUT2D eigenvalue weighted by atomic mass is 10.1. The molecule has 3 atom stereocenters. The van der Waals surface area contributed by atoms with Gasteiger partial charge in [0.15, 0.2) is 0 Å². The number of hydrogen-bond acceptors (Lipinski definition) is 7. The van der Waals surface area contributed by atoms with Crippen molar-refractivity contribution in [3.63, 3.8) is 0 Å². The number of hydrogen-bond donors (Lipinski definition) is 1. The number of nitrogens with zero attached hydrogens (tertiary/aromatic N) is 2. The van der Waals surface area contributed by atoms with Gasteiger partial charge in [-0.15, -0.1) is 11.8 Å². The second-order valence-electron chi connectivity index (χ2n) is 5.78. The average Bonchev–Trinajstić information content (AvgIpc) is 2.85. The van der Waals surface area contributed by atoms with Crippen LogP contribution in [0, 0.1) is 5.92 Å². The van der Waals surface area contributed by atoms with Crippen LogP contribution in [0.5, 0.6) is 0 Å². The number of rotatable bonds is 7. The summed E-state index contributed by atoms with van der Waals surface area (Å²) in [6.45, 7) is 2.65. The molecule has 0 saturated carbocycles. The van der Waals surface area contributed by atoms with Gasteiger partial charge in [0.2, 0.25) is 23.6 Å². The zero-order valence-corrected chi connectivity index (χ0v) is 15.0. The summed E-state index contributed by atoms with van der Waals surface area (Å²) in [6.07, 6.45) is 0.110. The number of thioether (sulfide) groups is 1. The minimum Gasteiger partial charge on any atom is -0.324 e. The molecule has 0 aromatic carbocycles. The van der Waals surface area contributed by atoms with E-state index in [2.05, 4.69) is 4.52 Å². The SMILES string of the molecule is CC1CC(=O)N(CCN2C(=O)CC(SCOP(C)(=O)O)C2=O)C1=O. The third-order valence-corrected chi connectivity index (χ3v) is 5.59. The van der Waals surface area contributed by atoms with Crippen LogP contribution in [0.1, 0.15) is 19.8 Å². The molecule has 2 aliphatic rings. The Balaban J connectivity index is 1.87. The maximum atomic E-state index is 12.2. The van der Waals surface area contributed by atoms with Gasteiger partial charge in [-0.2, -0.15) is 0 Å². The Hall–Kier alpha value is -1.22. The third kappa shape index (κ3) is 4.44. The number of carbonyl (C=O) groups excluding carboxylic acids is 4. The predicted molar refractivity (Wildman–Crippen MR) is 84.9 cm³/mol. The van der Waals surface area contributed by atoms with Crippen molar-refractivity contribution in [2.24, 2.45) is 5.92 Å². The summed E-state index contributed by atoms with van der Waals surface area (Å²) >= 11 is 0.972. The smallest absolute Gasteiger partial charge is 0.324 e. The van der Waals surface area contributed by atoms with E-state index >= 15 is 0 Å². The topological polar surface area (TPSA) is 121 Å². The first-order valence-corrected chi connectivity index (χ1v) is 10.4. The van der Waals surface area contributed by atoms with E-state index in [-0.39, 0.29) is 49.6 Å². The highest BCUT2D eigenvalue weighted by Gasteiger charge is 2.41. The van der Waals surface area contributed by atoms with Crippen molar-refractivity contribution in [2.45, 2.75) is 25.0 Å². The highest BCUT2D eigenvalue weighted by atomic mass is 32.2. The van der Waals surface area contributed by atoms with E-state index in [1.54, 1.807) is 6.92 Å². The molecule has 24 heavy (non-hydrogen) atoms. The van der Waals surface area contributed by atoms with Crippen molar-refractivity contribution in [3.8, 4) is 0 Å². The van der Waals surface area contributed by atoms with E-state index in [1.807, 2.05) is 0 Å². The highest BCUT2D eigenvalue weighted by Crippen LogP contribution is 2.39. The predicted octanol–water partition coefficient (Wildman–Crippen LogP) is 0.0314. The van der Waals surface area contributed by atoms with E-state index < -0.39 is 24.7 Å². The molecule has 2 saturated heterocycles. The van der Waals surface area contributed by atoms with Crippen LogP contribution in [0.3, 0.4) is 0 Å². The van der Waals surface area contributed by atoms with Crippen molar-refractivity contribution >= 4 is 43.0 Å². The molecule has 4 amide bonds. The van der Waals surface area contributed by atoms with E-state index in [9.17, 15) is 23.7 Å². The maximum Gasteiger partial charge on any atom is 0.325 e. The summed E-state index contributed by atoms with van der Waals surface area (Å²) in [7, 11) is -3.63. The van der Waals surface area contributed by atoms with Crippen LogP contribution in [0.15, 0.2) is 0 Å². The van der Waals surface area contributed by atoms with Gasteiger partial charge in [0.05, 0.1) is 5.25 Å². The fraction of sp³-hybridized carbons (Fsp3) is 0.692. The highest BCUT2D eigenvalue weighted by molar-refractivity contribution is 8.00. The van der Waals surface area contributed by atoms with Gasteiger partial charge in [0, 0.05) is 38.5 Å². The Morgan fingerprint density at radius 2 is 1.67 bits per heavy atom. The molecule has 134 valence electrons. The largest absolute Gasteiger partial charge is 0.325 e. The Morgan fingerprint density at radius 1 is 1.12 bits per heavy atom.